The second kappa shape index (κ2) is 5.60. The van der Waals surface area contributed by atoms with Crippen LogP contribution in [0, 0.1) is 0 Å². The Hall–Kier alpha value is -0.0100. The Bertz CT molecular complexity index is 217. The van der Waals surface area contributed by atoms with E-state index in [2.05, 4.69) is 18.4 Å². The molecule has 1 aromatic rings. The van der Waals surface area contributed by atoms with Gasteiger partial charge in [-0.05, 0) is 29.9 Å². The Balaban J connectivity index is 2.15. The average Bonchev–Trinajstić information content (AvgIpc) is 2.45. The predicted octanol–water partition coefficient (Wildman–Crippen LogP) is 4.52. The first-order valence-corrected chi connectivity index (χ1v) is 5.81. The van der Waals surface area contributed by atoms with Crippen molar-refractivity contribution in [1.82, 2.24) is 0 Å². The van der Waals surface area contributed by atoms with Crippen LogP contribution in [-0.2, 0) is 6.42 Å². The van der Waals surface area contributed by atoms with Crippen molar-refractivity contribution in [2.75, 3.05) is 0 Å². The van der Waals surface area contributed by atoms with Gasteiger partial charge < -0.3 is 0 Å². The third-order valence-electron chi connectivity index (χ3n) is 1.94. The van der Waals surface area contributed by atoms with Crippen LogP contribution < -0.4 is 0 Å². The molecule has 0 radical (unpaired) electrons. The van der Waals surface area contributed by atoms with Gasteiger partial charge in [0.05, 0.1) is 4.34 Å². The van der Waals surface area contributed by atoms with Gasteiger partial charge in [0.2, 0.25) is 0 Å². The van der Waals surface area contributed by atoms with Crippen molar-refractivity contribution < 1.29 is 0 Å². The van der Waals surface area contributed by atoms with Gasteiger partial charge in [-0.15, -0.1) is 11.3 Å². The molecule has 0 aliphatic heterocycles. The van der Waals surface area contributed by atoms with Crippen LogP contribution in [0.3, 0.4) is 0 Å². The Morgan fingerprint density at radius 1 is 1.33 bits per heavy atom. The summed E-state index contributed by atoms with van der Waals surface area (Å²) in [6, 6.07) is 2.08. The van der Waals surface area contributed by atoms with Crippen molar-refractivity contribution in [3.63, 3.8) is 0 Å². The van der Waals surface area contributed by atoms with E-state index in [9.17, 15) is 0 Å². The van der Waals surface area contributed by atoms with Gasteiger partial charge in [-0.25, -0.2) is 0 Å². The van der Waals surface area contributed by atoms with Gasteiger partial charge in [-0.2, -0.15) is 0 Å². The number of unbranched alkanes of at least 4 members (excludes halogenated alkanes) is 3. The Morgan fingerprint density at radius 2 is 2.17 bits per heavy atom. The topological polar surface area (TPSA) is 0 Å². The number of hydrogen-bond acceptors (Lipinski definition) is 1. The van der Waals surface area contributed by atoms with E-state index in [0.717, 1.165) is 4.34 Å². The lowest BCUT2D eigenvalue weighted by molar-refractivity contribution is 0.667. The monoisotopic (exact) mass is 202 g/mol. The minimum absolute atomic E-state index is 0.917. The maximum Gasteiger partial charge on any atom is 0.0931 e. The van der Waals surface area contributed by atoms with Crippen molar-refractivity contribution in [2.24, 2.45) is 0 Å². The van der Waals surface area contributed by atoms with Crippen LogP contribution in [0.1, 0.15) is 38.2 Å². The third kappa shape index (κ3) is 3.59. The molecule has 0 saturated heterocycles. The highest BCUT2D eigenvalue weighted by atomic mass is 35.5. The van der Waals surface area contributed by atoms with E-state index in [1.807, 2.05) is 0 Å². The lowest BCUT2D eigenvalue weighted by Gasteiger charge is -1.96. The van der Waals surface area contributed by atoms with E-state index < -0.39 is 0 Å². The van der Waals surface area contributed by atoms with Crippen molar-refractivity contribution >= 4 is 22.9 Å². The summed E-state index contributed by atoms with van der Waals surface area (Å²) >= 11 is 7.45. The fraction of sp³-hybridized carbons (Fsp3) is 0.600. The summed E-state index contributed by atoms with van der Waals surface area (Å²) in [4.78, 5) is 0. The fourth-order valence-corrected chi connectivity index (χ4v) is 2.18. The second-order valence-electron chi connectivity index (χ2n) is 3.07. The predicted molar refractivity (Wildman–Crippen MR) is 57.2 cm³/mol. The number of thiophene rings is 1. The quantitative estimate of drug-likeness (QED) is 0.616. The van der Waals surface area contributed by atoms with Crippen molar-refractivity contribution in [3.05, 3.63) is 21.3 Å². The molecule has 0 aliphatic carbocycles. The van der Waals surface area contributed by atoms with Crippen LogP contribution in [0.5, 0.6) is 0 Å². The van der Waals surface area contributed by atoms with Gasteiger partial charge in [-0.3, -0.25) is 0 Å². The van der Waals surface area contributed by atoms with Crippen LogP contribution in [0.2, 0.25) is 4.34 Å². The van der Waals surface area contributed by atoms with E-state index in [0.29, 0.717) is 0 Å². The molecule has 0 aliphatic rings. The third-order valence-corrected chi connectivity index (χ3v) is 3.08. The summed E-state index contributed by atoms with van der Waals surface area (Å²) in [7, 11) is 0. The van der Waals surface area contributed by atoms with E-state index in [1.165, 1.54) is 37.7 Å². The lowest BCUT2D eigenvalue weighted by atomic mass is 10.1. The molecule has 12 heavy (non-hydrogen) atoms. The first-order valence-electron chi connectivity index (χ1n) is 4.56. The molecule has 0 bridgehead atoms. The van der Waals surface area contributed by atoms with Crippen LogP contribution >= 0.6 is 22.9 Å². The number of halogens is 1. The zero-order valence-electron chi connectivity index (χ0n) is 7.48. The Morgan fingerprint density at radius 3 is 2.75 bits per heavy atom. The molecule has 0 atom stereocenters. The molecule has 0 aromatic carbocycles. The molecule has 1 aromatic heterocycles. The molecular weight excluding hydrogens is 188 g/mol. The Labute approximate surface area is 83.6 Å². The molecule has 0 nitrogen and oxygen atoms in total. The van der Waals surface area contributed by atoms with Gasteiger partial charge in [0.25, 0.3) is 0 Å². The molecule has 0 unspecified atom stereocenters. The van der Waals surface area contributed by atoms with E-state index in [1.54, 1.807) is 11.3 Å². The molecule has 2 heteroatoms. The normalized spacial score (nSPS) is 10.5. The summed E-state index contributed by atoms with van der Waals surface area (Å²) in [6.45, 7) is 2.24. The SMILES string of the molecule is CCCCCCc1csc(Cl)c1. The molecular formula is C10H15ClS. The van der Waals surface area contributed by atoms with Gasteiger partial charge in [0, 0.05) is 0 Å². The number of rotatable bonds is 5. The zero-order chi connectivity index (χ0) is 8.81. The summed E-state index contributed by atoms with van der Waals surface area (Å²) in [6.07, 6.45) is 6.52. The maximum absolute atomic E-state index is 5.82. The minimum Gasteiger partial charge on any atom is -0.132 e. The molecule has 0 spiro atoms. The second-order valence-corrected chi connectivity index (χ2v) is 4.61. The van der Waals surface area contributed by atoms with E-state index in [-0.39, 0.29) is 0 Å². The first kappa shape index (κ1) is 10.1. The molecule has 68 valence electrons. The van der Waals surface area contributed by atoms with Gasteiger partial charge in [0.1, 0.15) is 0 Å². The average molecular weight is 203 g/mol. The van der Waals surface area contributed by atoms with Crippen LogP contribution in [-0.4, -0.2) is 0 Å². The first-order chi connectivity index (χ1) is 5.83. The maximum atomic E-state index is 5.82. The number of hydrogen-bond donors (Lipinski definition) is 0. The highest BCUT2D eigenvalue weighted by Gasteiger charge is 1.96. The summed E-state index contributed by atoms with van der Waals surface area (Å²) in [5.74, 6) is 0. The van der Waals surface area contributed by atoms with Gasteiger partial charge in [-0.1, -0.05) is 37.8 Å². The summed E-state index contributed by atoms with van der Waals surface area (Å²) < 4.78 is 0.917. The summed E-state index contributed by atoms with van der Waals surface area (Å²) in [5, 5.41) is 2.16. The van der Waals surface area contributed by atoms with Crippen molar-refractivity contribution in [3.8, 4) is 0 Å². The fourth-order valence-electron chi connectivity index (χ4n) is 1.23. The van der Waals surface area contributed by atoms with Crippen LogP contribution in [0.15, 0.2) is 11.4 Å². The van der Waals surface area contributed by atoms with E-state index in [4.69, 9.17) is 11.6 Å². The van der Waals surface area contributed by atoms with Crippen LogP contribution in [0.25, 0.3) is 0 Å². The largest absolute Gasteiger partial charge is 0.132 e. The summed E-state index contributed by atoms with van der Waals surface area (Å²) in [5.41, 5.74) is 1.40. The molecule has 0 fully saturated rings. The lowest BCUT2D eigenvalue weighted by Crippen LogP contribution is -1.81. The molecule has 0 saturated carbocycles. The van der Waals surface area contributed by atoms with Gasteiger partial charge >= 0.3 is 0 Å². The van der Waals surface area contributed by atoms with Crippen LogP contribution in [0.4, 0.5) is 0 Å². The zero-order valence-corrected chi connectivity index (χ0v) is 9.05. The molecule has 1 heterocycles. The molecule has 1 rings (SSSR count). The van der Waals surface area contributed by atoms with Crippen molar-refractivity contribution in [2.45, 2.75) is 39.0 Å². The smallest absolute Gasteiger partial charge is 0.0931 e. The molecule has 0 amide bonds. The van der Waals surface area contributed by atoms with Crippen molar-refractivity contribution in [1.29, 1.82) is 0 Å². The Kier molecular flexibility index (Phi) is 4.70. The standard InChI is InChI=1S/C10H15ClS/c1-2-3-4-5-6-9-7-10(11)12-8-9/h7-8H,2-6H2,1H3. The minimum atomic E-state index is 0.917. The molecule has 0 N–H and O–H groups in total. The number of aryl methyl sites for hydroxylation is 1. The van der Waals surface area contributed by atoms with E-state index >= 15 is 0 Å². The highest BCUT2D eigenvalue weighted by molar-refractivity contribution is 7.14. The van der Waals surface area contributed by atoms with Gasteiger partial charge in [0.15, 0.2) is 0 Å². The highest BCUT2D eigenvalue weighted by Crippen LogP contribution is 2.21.